The van der Waals surface area contributed by atoms with Gasteiger partial charge >= 0.3 is 0 Å². The van der Waals surface area contributed by atoms with E-state index in [9.17, 15) is 10.1 Å². The predicted molar refractivity (Wildman–Crippen MR) is 74.4 cm³/mol. The Morgan fingerprint density at radius 2 is 2.17 bits per heavy atom. The van der Waals surface area contributed by atoms with Crippen LogP contribution in [0.25, 0.3) is 0 Å². The van der Waals surface area contributed by atoms with E-state index in [4.69, 9.17) is 0 Å². The lowest BCUT2D eigenvalue weighted by atomic mass is 9.98. The normalized spacial score (nSPS) is 15.7. The molecule has 5 heteroatoms. The molecule has 1 fully saturated rings. The van der Waals surface area contributed by atoms with Crippen molar-refractivity contribution in [3.63, 3.8) is 0 Å². The highest BCUT2D eigenvalue weighted by Gasteiger charge is 2.37. The van der Waals surface area contributed by atoms with Gasteiger partial charge in [0, 0.05) is 28.2 Å². The van der Waals surface area contributed by atoms with Gasteiger partial charge in [0.05, 0.1) is 4.92 Å². The Hall–Kier alpha value is -0.940. The van der Waals surface area contributed by atoms with Crippen LogP contribution in [-0.2, 0) is 6.54 Å². The van der Waals surface area contributed by atoms with Gasteiger partial charge < -0.3 is 5.32 Å². The second-order valence-corrected chi connectivity index (χ2v) is 6.30. The molecule has 18 heavy (non-hydrogen) atoms. The summed E-state index contributed by atoms with van der Waals surface area (Å²) in [6.07, 6.45) is 2.50. The number of nitrogens with one attached hydrogen (secondary N) is 1. The number of rotatable bonds is 5. The van der Waals surface area contributed by atoms with Gasteiger partial charge in [-0.3, -0.25) is 10.1 Å². The molecular weight excluding hydrogens is 296 g/mol. The molecule has 0 spiro atoms. The van der Waals surface area contributed by atoms with Gasteiger partial charge in [-0.2, -0.15) is 0 Å². The molecule has 98 valence electrons. The fourth-order valence-corrected chi connectivity index (χ4v) is 2.55. The van der Waals surface area contributed by atoms with E-state index in [-0.39, 0.29) is 16.1 Å². The molecular formula is C13H17BrN2O2. The number of benzene rings is 1. The van der Waals surface area contributed by atoms with Crippen molar-refractivity contribution in [3.05, 3.63) is 38.3 Å². The van der Waals surface area contributed by atoms with Crippen molar-refractivity contribution in [2.75, 3.05) is 0 Å². The fourth-order valence-electron chi connectivity index (χ4n) is 2.15. The first kappa shape index (κ1) is 13.5. The van der Waals surface area contributed by atoms with Crippen LogP contribution in [0.3, 0.4) is 0 Å². The zero-order valence-electron chi connectivity index (χ0n) is 10.6. The van der Waals surface area contributed by atoms with Crippen LogP contribution in [0.15, 0.2) is 22.7 Å². The van der Waals surface area contributed by atoms with Crippen LogP contribution in [0.5, 0.6) is 0 Å². The van der Waals surface area contributed by atoms with Gasteiger partial charge in [0.25, 0.3) is 5.69 Å². The third-order valence-electron chi connectivity index (χ3n) is 3.57. The summed E-state index contributed by atoms with van der Waals surface area (Å²) in [5.41, 5.74) is 0.955. The van der Waals surface area contributed by atoms with Crippen molar-refractivity contribution in [1.29, 1.82) is 0 Å². The van der Waals surface area contributed by atoms with Gasteiger partial charge in [-0.05, 0) is 44.7 Å². The average molecular weight is 313 g/mol. The monoisotopic (exact) mass is 312 g/mol. The van der Waals surface area contributed by atoms with Gasteiger partial charge in [-0.25, -0.2) is 0 Å². The number of nitrogens with zero attached hydrogens (tertiary/aromatic N) is 1. The largest absolute Gasteiger partial charge is 0.307 e. The summed E-state index contributed by atoms with van der Waals surface area (Å²) < 4.78 is 0.870. The smallest absolute Gasteiger partial charge is 0.273 e. The Morgan fingerprint density at radius 1 is 1.50 bits per heavy atom. The summed E-state index contributed by atoms with van der Waals surface area (Å²) in [5.74, 6) is 0.698. The topological polar surface area (TPSA) is 55.2 Å². The summed E-state index contributed by atoms with van der Waals surface area (Å²) in [4.78, 5) is 10.6. The summed E-state index contributed by atoms with van der Waals surface area (Å²) in [6.45, 7) is 4.85. The summed E-state index contributed by atoms with van der Waals surface area (Å²) >= 11 is 3.36. The van der Waals surface area contributed by atoms with Gasteiger partial charge in [0.2, 0.25) is 0 Å². The van der Waals surface area contributed by atoms with Crippen LogP contribution in [0.4, 0.5) is 5.69 Å². The molecule has 0 heterocycles. The Kier molecular flexibility index (Phi) is 3.73. The molecule has 1 aromatic rings. The molecule has 0 saturated heterocycles. The minimum atomic E-state index is -0.326. The van der Waals surface area contributed by atoms with Crippen molar-refractivity contribution in [2.24, 2.45) is 5.92 Å². The fraction of sp³-hybridized carbons (Fsp3) is 0.538. The highest BCUT2D eigenvalue weighted by atomic mass is 79.9. The Morgan fingerprint density at radius 3 is 2.72 bits per heavy atom. The first-order valence-corrected chi connectivity index (χ1v) is 6.87. The molecule has 0 radical (unpaired) electrons. The van der Waals surface area contributed by atoms with Crippen molar-refractivity contribution in [3.8, 4) is 0 Å². The van der Waals surface area contributed by atoms with Crippen molar-refractivity contribution in [2.45, 2.75) is 38.8 Å². The van der Waals surface area contributed by atoms with Crippen molar-refractivity contribution >= 4 is 21.6 Å². The van der Waals surface area contributed by atoms with E-state index in [0.717, 1.165) is 10.0 Å². The number of hydrogen-bond donors (Lipinski definition) is 1. The predicted octanol–water partition coefficient (Wildman–Crippen LogP) is 3.64. The average Bonchev–Trinajstić information content (AvgIpc) is 3.10. The molecule has 1 aromatic carbocycles. The molecule has 0 unspecified atom stereocenters. The van der Waals surface area contributed by atoms with Crippen LogP contribution < -0.4 is 5.32 Å². The second kappa shape index (κ2) is 4.97. The number of nitro benzene ring substituents is 1. The first-order valence-electron chi connectivity index (χ1n) is 6.08. The van der Waals surface area contributed by atoms with Gasteiger partial charge in [-0.1, -0.05) is 15.9 Å². The Bertz CT molecular complexity index is 470. The van der Waals surface area contributed by atoms with Gasteiger partial charge in [0.15, 0.2) is 0 Å². The molecule has 1 N–H and O–H groups in total. The molecule has 0 aliphatic heterocycles. The molecule has 0 bridgehead atoms. The molecule has 0 atom stereocenters. The van der Waals surface area contributed by atoms with Gasteiger partial charge in [0.1, 0.15) is 0 Å². The third kappa shape index (κ3) is 3.09. The standard InChI is InChI=1S/C13H17BrN2O2/c1-13(2,10-3-4-10)15-8-9-7-11(14)5-6-12(9)16(17)18/h5-7,10,15H,3-4,8H2,1-2H3. The van der Waals surface area contributed by atoms with E-state index in [1.54, 1.807) is 12.1 Å². The van der Waals surface area contributed by atoms with Gasteiger partial charge in [-0.15, -0.1) is 0 Å². The van der Waals surface area contributed by atoms with Crippen LogP contribution in [-0.4, -0.2) is 10.5 Å². The molecule has 1 saturated carbocycles. The minimum Gasteiger partial charge on any atom is -0.307 e. The molecule has 4 nitrogen and oxygen atoms in total. The lowest BCUT2D eigenvalue weighted by Gasteiger charge is -2.26. The maximum absolute atomic E-state index is 11.0. The summed E-state index contributed by atoms with van der Waals surface area (Å²) in [6, 6.07) is 5.06. The summed E-state index contributed by atoms with van der Waals surface area (Å²) in [5, 5.41) is 14.4. The molecule has 1 aliphatic carbocycles. The Balaban J connectivity index is 2.12. The lowest BCUT2D eigenvalue weighted by molar-refractivity contribution is -0.385. The second-order valence-electron chi connectivity index (χ2n) is 5.38. The van der Waals surface area contributed by atoms with Crippen LogP contribution >= 0.6 is 15.9 Å². The minimum absolute atomic E-state index is 0.0518. The lowest BCUT2D eigenvalue weighted by Crippen LogP contribution is -2.40. The zero-order valence-corrected chi connectivity index (χ0v) is 12.2. The molecule has 2 rings (SSSR count). The quantitative estimate of drug-likeness (QED) is 0.667. The first-order chi connectivity index (χ1) is 8.40. The molecule has 0 amide bonds. The number of nitro groups is 1. The van der Waals surface area contributed by atoms with Crippen LogP contribution in [0, 0.1) is 16.0 Å². The number of halogens is 1. The third-order valence-corrected chi connectivity index (χ3v) is 4.06. The van der Waals surface area contributed by atoms with Crippen LogP contribution in [0.2, 0.25) is 0 Å². The van der Waals surface area contributed by atoms with Crippen LogP contribution in [0.1, 0.15) is 32.3 Å². The SMILES string of the molecule is CC(C)(NCc1cc(Br)ccc1[N+](=O)[O-])C1CC1. The summed E-state index contributed by atoms with van der Waals surface area (Å²) in [7, 11) is 0. The number of hydrogen-bond acceptors (Lipinski definition) is 3. The maximum Gasteiger partial charge on any atom is 0.273 e. The van der Waals surface area contributed by atoms with Crippen molar-refractivity contribution < 1.29 is 4.92 Å². The highest BCUT2D eigenvalue weighted by molar-refractivity contribution is 9.10. The Labute approximate surface area is 115 Å². The maximum atomic E-state index is 11.0. The van der Waals surface area contributed by atoms with E-state index >= 15 is 0 Å². The molecule has 1 aliphatic rings. The zero-order chi connectivity index (χ0) is 13.3. The van der Waals surface area contributed by atoms with E-state index in [1.165, 1.54) is 12.8 Å². The van der Waals surface area contributed by atoms with Crippen molar-refractivity contribution in [1.82, 2.24) is 5.32 Å². The van der Waals surface area contributed by atoms with E-state index in [1.807, 2.05) is 6.07 Å². The van der Waals surface area contributed by atoms with E-state index in [0.29, 0.717) is 12.5 Å². The highest BCUT2D eigenvalue weighted by Crippen LogP contribution is 2.39. The van der Waals surface area contributed by atoms with E-state index < -0.39 is 0 Å². The van der Waals surface area contributed by atoms with E-state index in [2.05, 4.69) is 35.1 Å². The molecule has 0 aromatic heterocycles.